The number of rotatable bonds is 8. The Labute approximate surface area is 157 Å². The van der Waals surface area contributed by atoms with Crippen LogP contribution in [-0.2, 0) is 0 Å². The van der Waals surface area contributed by atoms with Crippen molar-refractivity contribution in [2.75, 3.05) is 6.61 Å². The summed E-state index contributed by atoms with van der Waals surface area (Å²) < 4.78 is 0. The number of hydrogen-bond donors (Lipinski definition) is 3. The summed E-state index contributed by atoms with van der Waals surface area (Å²) in [4.78, 5) is 0. The molecule has 0 aliphatic rings. The second kappa shape index (κ2) is 18.5. The van der Waals surface area contributed by atoms with E-state index in [1.807, 2.05) is 6.08 Å². The summed E-state index contributed by atoms with van der Waals surface area (Å²) in [5, 5.41) is 27.2. The third-order valence-corrected chi connectivity index (χ3v) is 2.88. The van der Waals surface area contributed by atoms with Crippen LogP contribution >= 0.6 is 0 Å². The number of allylic oxidation sites excluding steroid dienone is 3. The van der Waals surface area contributed by atoms with Crippen molar-refractivity contribution in [3.63, 3.8) is 0 Å². The quantitative estimate of drug-likeness (QED) is 0.463. The van der Waals surface area contributed by atoms with E-state index >= 15 is 0 Å². The Hall–Kier alpha value is -2.84. The Bertz CT molecular complexity index is 722. The van der Waals surface area contributed by atoms with E-state index in [0.717, 1.165) is 12.8 Å². The molecule has 0 rings (SSSR count). The van der Waals surface area contributed by atoms with Gasteiger partial charge in [-0.05, 0) is 61.5 Å². The van der Waals surface area contributed by atoms with Crippen molar-refractivity contribution >= 4 is 0 Å². The SMILES string of the molecule is C#C/C=C\CC(O)CC/C=C\C#CC#CCCCC#CC#CC(O)CO. The van der Waals surface area contributed by atoms with E-state index in [9.17, 15) is 5.11 Å². The van der Waals surface area contributed by atoms with Gasteiger partial charge in [0.05, 0.1) is 12.7 Å². The molecule has 3 N–H and O–H groups in total. The van der Waals surface area contributed by atoms with E-state index in [4.69, 9.17) is 16.6 Å². The molecule has 0 heterocycles. The first kappa shape index (κ1) is 23.2. The van der Waals surface area contributed by atoms with Crippen LogP contribution < -0.4 is 0 Å². The van der Waals surface area contributed by atoms with E-state index in [2.05, 4.69) is 53.3 Å². The topological polar surface area (TPSA) is 60.7 Å². The highest BCUT2D eigenvalue weighted by Gasteiger charge is 1.98. The molecular weight excluding hydrogens is 324 g/mol. The molecule has 0 aliphatic carbocycles. The number of unbranched alkanes of at least 4 members (excludes halogenated alkanes) is 2. The van der Waals surface area contributed by atoms with E-state index in [1.165, 1.54) is 0 Å². The molecule has 0 aliphatic heterocycles. The molecule has 0 spiro atoms. The smallest absolute Gasteiger partial charge is 0.138 e. The fourth-order valence-electron chi connectivity index (χ4n) is 1.56. The van der Waals surface area contributed by atoms with Crippen molar-refractivity contribution in [1.29, 1.82) is 0 Å². The van der Waals surface area contributed by atoms with Crippen LogP contribution in [0.2, 0.25) is 0 Å². The van der Waals surface area contributed by atoms with Gasteiger partial charge in [0.25, 0.3) is 0 Å². The summed E-state index contributed by atoms with van der Waals surface area (Å²) in [6.07, 6.45) is 14.9. The lowest BCUT2D eigenvalue weighted by Crippen LogP contribution is -2.07. The van der Waals surface area contributed by atoms with Gasteiger partial charge in [-0.2, -0.15) is 0 Å². The lowest BCUT2D eigenvalue weighted by molar-refractivity contribution is 0.138. The van der Waals surface area contributed by atoms with Crippen LogP contribution in [0.25, 0.3) is 0 Å². The Morgan fingerprint density at radius 3 is 2.35 bits per heavy atom. The highest BCUT2D eigenvalue weighted by atomic mass is 16.3. The molecule has 3 nitrogen and oxygen atoms in total. The Morgan fingerprint density at radius 2 is 1.65 bits per heavy atom. The average molecular weight is 348 g/mol. The van der Waals surface area contributed by atoms with Crippen LogP contribution in [0.3, 0.4) is 0 Å². The molecular formula is C23H24O3. The van der Waals surface area contributed by atoms with Crippen molar-refractivity contribution in [3.05, 3.63) is 24.3 Å². The first-order valence-corrected chi connectivity index (χ1v) is 8.40. The van der Waals surface area contributed by atoms with Crippen molar-refractivity contribution in [2.24, 2.45) is 0 Å². The molecule has 3 heteroatoms. The number of aliphatic hydroxyl groups is 3. The zero-order chi connectivity index (χ0) is 19.3. The van der Waals surface area contributed by atoms with Crippen LogP contribution in [0.5, 0.6) is 0 Å². The van der Waals surface area contributed by atoms with E-state index < -0.39 is 6.10 Å². The van der Waals surface area contributed by atoms with Gasteiger partial charge in [-0.1, -0.05) is 41.8 Å². The van der Waals surface area contributed by atoms with Crippen LogP contribution in [0.4, 0.5) is 0 Å². The number of terminal acetylenes is 1. The summed E-state index contributed by atoms with van der Waals surface area (Å²) in [5.74, 6) is 24.0. The first-order valence-electron chi connectivity index (χ1n) is 8.40. The van der Waals surface area contributed by atoms with E-state index in [1.54, 1.807) is 18.2 Å². The van der Waals surface area contributed by atoms with Gasteiger partial charge in [0.1, 0.15) is 6.10 Å². The molecule has 0 amide bonds. The summed E-state index contributed by atoms with van der Waals surface area (Å²) in [7, 11) is 0. The molecule has 0 radical (unpaired) electrons. The highest BCUT2D eigenvalue weighted by molar-refractivity contribution is 5.31. The predicted octanol–water partition coefficient (Wildman–Crippen LogP) is 1.80. The minimum atomic E-state index is -1.02. The molecule has 134 valence electrons. The standard InChI is InChI=1S/C23H24O3/c1-2-3-15-18-22(25)19-16-13-11-9-7-5-4-6-8-10-12-14-17-20-23(26)21-24/h1,3,11,13,15,22-26H,6,8,10,16,18-19,21H2/b13-11-,15-3-. The molecule has 2 unspecified atom stereocenters. The lowest BCUT2D eigenvalue weighted by Gasteiger charge is -2.03. The summed E-state index contributed by atoms with van der Waals surface area (Å²) >= 11 is 0. The highest BCUT2D eigenvalue weighted by Crippen LogP contribution is 2.03. The summed E-state index contributed by atoms with van der Waals surface area (Å²) in [6.45, 7) is -0.382. The second-order valence-corrected chi connectivity index (χ2v) is 5.13. The number of aliphatic hydroxyl groups excluding tert-OH is 3. The molecule has 0 saturated carbocycles. The van der Waals surface area contributed by atoms with Gasteiger partial charge in [0.2, 0.25) is 0 Å². The van der Waals surface area contributed by atoms with Gasteiger partial charge < -0.3 is 15.3 Å². The summed E-state index contributed by atoms with van der Waals surface area (Å²) in [6, 6.07) is 0. The first-order chi connectivity index (χ1) is 12.7. The van der Waals surface area contributed by atoms with Crippen molar-refractivity contribution in [1.82, 2.24) is 0 Å². The van der Waals surface area contributed by atoms with Gasteiger partial charge in [-0.25, -0.2) is 0 Å². The minimum absolute atomic E-state index is 0.382. The second-order valence-electron chi connectivity index (χ2n) is 5.13. The van der Waals surface area contributed by atoms with E-state index in [0.29, 0.717) is 25.7 Å². The third-order valence-electron chi connectivity index (χ3n) is 2.88. The molecule has 0 saturated heterocycles. The minimum Gasteiger partial charge on any atom is -0.393 e. The maximum Gasteiger partial charge on any atom is 0.138 e. The summed E-state index contributed by atoms with van der Waals surface area (Å²) in [5.41, 5.74) is 0. The van der Waals surface area contributed by atoms with Gasteiger partial charge in [-0.3, -0.25) is 0 Å². The van der Waals surface area contributed by atoms with Gasteiger partial charge >= 0.3 is 0 Å². The van der Waals surface area contributed by atoms with E-state index in [-0.39, 0.29) is 12.7 Å². The molecule has 0 aromatic heterocycles. The Morgan fingerprint density at radius 1 is 0.923 bits per heavy atom. The average Bonchev–Trinajstić information content (AvgIpc) is 2.64. The predicted molar refractivity (Wildman–Crippen MR) is 105 cm³/mol. The fraction of sp³-hybridized carbons (Fsp3) is 0.391. The molecule has 26 heavy (non-hydrogen) atoms. The maximum absolute atomic E-state index is 9.65. The monoisotopic (exact) mass is 348 g/mol. The maximum atomic E-state index is 9.65. The Balaban J connectivity index is 3.80. The molecule has 0 bridgehead atoms. The molecule has 2 atom stereocenters. The lowest BCUT2D eigenvalue weighted by atomic mass is 10.1. The molecule has 0 aromatic carbocycles. The fourth-order valence-corrected chi connectivity index (χ4v) is 1.56. The normalized spacial score (nSPS) is 11.6. The molecule has 0 aromatic rings. The van der Waals surface area contributed by atoms with Crippen molar-refractivity contribution in [2.45, 2.75) is 50.7 Å². The Kier molecular flexibility index (Phi) is 16.5. The number of hydrogen-bond acceptors (Lipinski definition) is 3. The zero-order valence-electron chi connectivity index (χ0n) is 14.8. The van der Waals surface area contributed by atoms with Crippen LogP contribution in [0.1, 0.15) is 38.5 Å². The van der Waals surface area contributed by atoms with Gasteiger partial charge in [0, 0.05) is 12.8 Å². The van der Waals surface area contributed by atoms with Crippen molar-refractivity contribution in [3.8, 4) is 59.7 Å². The van der Waals surface area contributed by atoms with Gasteiger partial charge in [-0.15, -0.1) is 6.42 Å². The molecule has 0 fully saturated rings. The largest absolute Gasteiger partial charge is 0.393 e. The van der Waals surface area contributed by atoms with Crippen LogP contribution in [-0.4, -0.2) is 34.1 Å². The van der Waals surface area contributed by atoms with Crippen LogP contribution in [0, 0.1) is 59.7 Å². The van der Waals surface area contributed by atoms with Gasteiger partial charge in [0.15, 0.2) is 0 Å². The van der Waals surface area contributed by atoms with Crippen LogP contribution in [0.15, 0.2) is 24.3 Å². The zero-order valence-corrected chi connectivity index (χ0v) is 14.8. The van der Waals surface area contributed by atoms with Crippen molar-refractivity contribution < 1.29 is 15.3 Å². The third kappa shape index (κ3) is 17.5.